The van der Waals surface area contributed by atoms with Crippen LogP contribution >= 0.6 is 11.3 Å². The molecule has 11 rings (SSSR count). The average Bonchev–Trinajstić information content (AvgIpc) is 4.09. The van der Waals surface area contributed by atoms with Gasteiger partial charge in [-0.15, -0.1) is 21.5 Å². The number of aromatic hydroxyl groups is 1. The Morgan fingerprint density at radius 2 is 1.68 bits per heavy atom. The van der Waals surface area contributed by atoms with Crippen LogP contribution < -0.4 is 25.6 Å². The van der Waals surface area contributed by atoms with E-state index < -0.39 is 18.1 Å². The number of thiazole rings is 1. The monoisotopic (exact) mass is 1020 g/mol. The number of piperazine rings is 2. The lowest BCUT2D eigenvalue weighted by molar-refractivity contribution is -0.141. The molecular weight excluding hydrogens is 957 g/mol. The zero-order valence-electron chi connectivity index (χ0n) is 42.6. The van der Waals surface area contributed by atoms with Crippen molar-refractivity contribution in [3.8, 4) is 33.3 Å². The van der Waals surface area contributed by atoms with E-state index in [9.17, 15) is 19.8 Å². The third-order valence-electron chi connectivity index (χ3n) is 15.3. The molecule has 5 aliphatic rings. The number of β-amino-alcohol motifs (C(OH)–C–C–N with tert-alkyl or cyclic N) is 1. The lowest BCUT2D eigenvalue weighted by Gasteiger charge is -2.46. The minimum absolute atomic E-state index is 0.0644. The van der Waals surface area contributed by atoms with Crippen molar-refractivity contribution in [3.05, 3.63) is 107 Å². The highest BCUT2D eigenvalue weighted by molar-refractivity contribution is 7.13. The standard InChI is InChI=1S/C55H68N12O6S/c1-35(2)51(55(71)67-33-43(68)27-47(67)54(70)58-30-37-13-15-38(16-14-37)52-36(3)59-34-74-52)49-29-50(62-73-49)72-25-24-64-22-20-63(21-23-64)19-7-8-39-26-40(17-18-57-39)65-31-42-10-6-9-41(65)32-66(42)46-28-45(60-61-53(46)56)44-11-4-5-12-48(44)69/h4-5,11-18,26,28-29,34-35,41-43,47,51,68-69H,6-10,19-25,27,30-33H2,1-3H3,(H2,56,61)(H,58,70)/t41?,42?,43-,47+,51+/m1/s1. The predicted octanol–water partition coefficient (Wildman–Crippen LogP) is 6.14. The molecule has 2 unspecified atom stereocenters. The van der Waals surface area contributed by atoms with E-state index in [-0.39, 0.29) is 42.5 Å². The number of phenolic OH excluding ortho intramolecular Hbond substituents is 1. The normalized spacial score (nSPS) is 20.8. The number of anilines is 3. The maximum absolute atomic E-state index is 14.2. The second kappa shape index (κ2) is 22.8. The number of pyridine rings is 1. The van der Waals surface area contributed by atoms with E-state index in [0.29, 0.717) is 47.9 Å². The number of hydrogen-bond acceptors (Lipinski definition) is 17. The van der Waals surface area contributed by atoms with Gasteiger partial charge in [-0.05, 0) is 98.1 Å². The molecule has 5 aliphatic heterocycles. The molecule has 19 heteroatoms. The summed E-state index contributed by atoms with van der Waals surface area (Å²) in [4.78, 5) is 49.3. The van der Waals surface area contributed by atoms with Crippen LogP contribution in [0.25, 0.3) is 21.7 Å². The lowest BCUT2D eigenvalue weighted by atomic mass is 9.91. The SMILES string of the molecule is Cc1ncsc1-c1ccc(CNC(=O)[C@@H]2C[C@@H](O)CN2C(=O)[C@H](c2cc(OCCN3CCN(CCCc4cc(N5CC6CCCC5CN6c5cc(-c6ccccc6O)nnc5N)ccn4)CC3)no2)C(C)C)cc1. The molecule has 2 aromatic carbocycles. The van der Waals surface area contributed by atoms with Gasteiger partial charge >= 0.3 is 0 Å². The van der Waals surface area contributed by atoms with Crippen molar-refractivity contribution in [1.29, 1.82) is 0 Å². The second-order valence-electron chi connectivity index (χ2n) is 20.6. The first-order valence-electron chi connectivity index (χ1n) is 26.1. The molecule has 74 heavy (non-hydrogen) atoms. The molecule has 2 bridgehead atoms. The highest BCUT2D eigenvalue weighted by atomic mass is 32.1. The van der Waals surface area contributed by atoms with Crippen molar-refractivity contribution in [2.75, 3.05) is 81.0 Å². The quantitative estimate of drug-likeness (QED) is 0.0761. The van der Waals surface area contributed by atoms with Gasteiger partial charge in [0.25, 0.3) is 5.88 Å². The molecule has 390 valence electrons. The molecule has 6 aromatic rings. The second-order valence-corrected chi connectivity index (χ2v) is 21.4. The van der Waals surface area contributed by atoms with Crippen molar-refractivity contribution in [2.45, 2.75) is 96.0 Å². The molecule has 0 spiro atoms. The number of nitrogens with two attached hydrogens (primary N) is 1. The van der Waals surface area contributed by atoms with Gasteiger partial charge in [0.2, 0.25) is 11.8 Å². The zero-order chi connectivity index (χ0) is 51.3. The summed E-state index contributed by atoms with van der Waals surface area (Å²) in [6.07, 6.45) is 6.54. The molecule has 0 aliphatic carbocycles. The van der Waals surface area contributed by atoms with Gasteiger partial charge in [0.05, 0.1) is 33.6 Å². The Kier molecular flexibility index (Phi) is 15.7. The summed E-state index contributed by atoms with van der Waals surface area (Å²) in [6, 6.07) is 23.1. The number of nitrogens with one attached hydrogen (secondary N) is 1. The lowest BCUT2D eigenvalue weighted by Crippen LogP contribution is -2.57. The van der Waals surface area contributed by atoms with E-state index >= 15 is 0 Å². The number of carbonyl (C=O) groups is 2. The Bertz CT molecular complexity index is 2870. The van der Waals surface area contributed by atoms with Gasteiger partial charge < -0.3 is 50.1 Å². The Hall–Kier alpha value is -6.67. The Morgan fingerprint density at radius 3 is 2.43 bits per heavy atom. The number of hydrogen-bond donors (Lipinski definition) is 4. The zero-order valence-corrected chi connectivity index (χ0v) is 43.4. The number of carbonyl (C=O) groups excluding carboxylic acids is 2. The van der Waals surface area contributed by atoms with Crippen LogP contribution in [0.1, 0.15) is 74.6 Å². The van der Waals surface area contributed by atoms with Crippen LogP contribution in [0.5, 0.6) is 11.6 Å². The number of rotatable bonds is 18. The van der Waals surface area contributed by atoms with Crippen LogP contribution in [0.2, 0.25) is 0 Å². The van der Waals surface area contributed by atoms with E-state index in [4.69, 9.17) is 20.0 Å². The third-order valence-corrected chi connectivity index (χ3v) is 16.2. The summed E-state index contributed by atoms with van der Waals surface area (Å²) in [5.74, 6) is -0.185. The first-order chi connectivity index (χ1) is 35.9. The Balaban J connectivity index is 0.655. The molecule has 5 N–H and O–H groups in total. The van der Waals surface area contributed by atoms with E-state index in [0.717, 1.165) is 118 Å². The highest BCUT2D eigenvalue weighted by Gasteiger charge is 2.43. The van der Waals surface area contributed by atoms with Crippen molar-refractivity contribution in [3.63, 3.8) is 0 Å². The molecule has 4 aromatic heterocycles. The summed E-state index contributed by atoms with van der Waals surface area (Å²) >= 11 is 1.59. The summed E-state index contributed by atoms with van der Waals surface area (Å²) < 4.78 is 11.8. The van der Waals surface area contributed by atoms with Gasteiger partial charge in [0, 0.05) is 107 Å². The number of aliphatic hydroxyl groups is 1. The fourth-order valence-electron chi connectivity index (χ4n) is 11.2. The average molecular weight is 1030 g/mol. The first-order valence-corrected chi connectivity index (χ1v) is 27.0. The number of likely N-dealkylation sites (tertiary alicyclic amines) is 1. The van der Waals surface area contributed by atoms with E-state index in [1.165, 1.54) is 10.6 Å². The molecule has 0 saturated carbocycles. The number of aliphatic hydroxyl groups excluding tert-OH is 1. The summed E-state index contributed by atoms with van der Waals surface area (Å²) in [5.41, 5.74) is 15.8. The number of nitrogens with zero attached hydrogens (tertiary/aromatic N) is 10. The van der Waals surface area contributed by atoms with Crippen molar-refractivity contribution >= 4 is 40.3 Å². The maximum atomic E-state index is 14.2. The largest absolute Gasteiger partial charge is 0.507 e. The van der Waals surface area contributed by atoms with Crippen molar-refractivity contribution in [2.24, 2.45) is 5.92 Å². The summed E-state index contributed by atoms with van der Waals surface area (Å²) in [6.45, 7) is 13.9. The number of aryl methyl sites for hydroxylation is 2. The first kappa shape index (κ1) is 50.8. The Labute approximate surface area is 436 Å². The number of nitrogen functional groups attached to an aromatic ring is 1. The molecule has 9 heterocycles. The van der Waals surface area contributed by atoms with E-state index in [1.54, 1.807) is 29.5 Å². The number of amides is 2. The molecule has 5 fully saturated rings. The van der Waals surface area contributed by atoms with Gasteiger partial charge in [-0.25, -0.2) is 4.98 Å². The number of benzene rings is 2. The van der Waals surface area contributed by atoms with Crippen molar-refractivity contribution in [1.82, 2.24) is 45.3 Å². The van der Waals surface area contributed by atoms with Gasteiger partial charge in [-0.2, -0.15) is 0 Å². The van der Waals surface area contributed by atoms with Gasteiger partial charge in [-0.3, -0.25) is 19.5 Å². The maximum Gasteiger partial charge on any atom is 0.254 e. The minimum atomic E-state index is -0.812. The number of aromatic nitrogens is 5. The van der Waals surface area contributed by atoms with E-state index in [1.807, 2.05) is 74.9 Å². The van der Waals surface area contributed by atoms with Gasteiger partial charge in [-0.1, -0.05) is 50.2 Å². The molecule has 0 radical (unpaired) electrons. The van der Waals surface area contributed by atoms with Crippen molar-refractivity contribution < 1.29 is 29.1 Å². The molecule has 5 saturated heterocycles. The summed E-state index contributed by atoms with van der Waals surface area (Å²) in [7, 11) is 0. The number of para-hydroxylation sites is 1. The molecule has 2 amide bonds. The van der Waals surface area contributed by atoms with Crippen LogP contribution in [0, 0.1) is 12.8 Å². The molecule has 5 atom stereocenters. The summed E-state index contributed by atoms with van der Waals surface area (Å²) in [5, 5.41) is 37.0. The molecule has 18 nitrogen and oxygen atoms in total. The topological polar surface area (TPSA) is 216 Å². The Morgan fingerprint density at radius 1 is 0.919 bits per heavy atom. The molecular formula is C55H68N12O6S. The number of phenols is 1. The minimum Gasteiger partial charge on any atom is -0.507 e. The smallest absolute Gasteiger partial charge is 0.254 e. The van der Waals surface area contributed by atoms with Crippen LogP contribution in [-0.4, -0.2) is 152 Å². The van der Waals surface area contributed by atoms with Crippen LogP contribution in [0.15, 0.2) is 89.0 Å². The fraction of sp³-hybridized carbons (Fsp3) is 0.473. The van der Waals surface area contributed by atoms with Crippen LogP contribution in [0.4, 0.5) is 17.2 Å². The predicted molar refractivity (Wildman–Crippen MR) is 285 cm³/mol. The highest BCUT2D eigenvalue weighted by Crippen LogP contribution is 2.39. The van der Waals surface area contributed by atoms with Crippen LogP contribution in [-0.2, 0) is 22.6 Å². The number of ether oxygens (including phenoxy) is 1. The van der Waals surface area contributed by atoms with E-state index in [2.05, 4.69) is 57.4 Å². The number of fused-ring (bicyclic) bond motifs is 4. The van der Waals surface area contributed by atoms with Gasteiger partial charge in [0.15, 0.2) is 11.6 Å². The van der Waals surface area contributed by atoms with Gasteiger partial charge in [0.1, 0.15) is 24.3 Å². The third kappa shape index (κ3) is 11.5. The van der Waals surface area contributed by atoms with Crippen LogP contribution in [0.3, 0.4) is 0 Å². The fourth-order valence-corrected chi connectivity index (χ4v) is 12.0.